The fraction of sp³-hybridized carbons (Fsp3) is 0.136. The molecule has 9 nitrogen and oxygen atoms in total. The van der Waals surface area contributed by atoms with Crippen molar-refractivity contribution in [1.29, 1.82) is 0 Å². The molecular formula is C22H21N5O4S. The SMILES string of the molecule is COc1cc(Nc2nc3ccccc3nc2-c2nc(C)ccc2S(N)(=O)=O)cc(OC)c1. The molecule has 0 saturated carbocycles. The van der Waals surface area contributed by atoms with Crippen molar-refractivity contribution in [3.8, 4) is 22.9 Å². The van der Waals surface area contributed by atoms with Crippen molar-refractivity contribution < 1.29 is 17.9 Å². The standard InChI is InChI=1S/C22H21N5O4S/c1-13-8-9-19(32(23,28)29)20(24-13)21-22(27-18-7-5-4-6-17(18)26-21)25-14-10-15(30-2)12-16(11-14)31-3/h4-12H,1-3H3,(H,25,27)(H2,23,28,29). The Hall–Kier alpha value is -3.76. The van der Waals surface area contributed by atoms with Gasteiger partial charge in [0.15, 0.2) is 5.82 Å². The van der Waals surface area contributed by atoms with Crippen LogP contribution in [0, 0.1) is 6.92 Å². The Bertz CT molecular complexity index is 1400. The smallest absolute Gasteiger partial charge is 0.240 e. The average molecular weight is 452 g/mol. The second-order valence-electron chi connectivity index (χ2n) is 6.98. The van der Waals surface area contributed by atoms with E-state index in [1.165, 1.54) is 6.07 Å². The molecule has 4 rings (SSSR count). The first-order chi connectivity index (χ1) is 15.3. The van der Waals surface area contributed by atoms with Crippen LogP contribution in [0.2, 0.25) is 0 Å². The molecule has 2 aromatic heterocycles. The van der Waals surface area contributed by atoms with Gasteiger partial charge < -0.3 is 14.8 Å². The summed E-state index contributed by atoms with van der Waals surface area (Å²) in [4.78, 5) is 13.6. The number of nitrogens with one attached hydrogen (secondary N) is 1. The maximum atomic E-state index is 12.3. The number of primary sulfonamides is 1. The highest BCUT2D eigenvalue weighted by molar-refractivity contribution is 7.89. The molecule has 2 aromatic carbocycles. The number of rotatable bonds is 6. The number of benzene rings is 2. The van der Waals surface area contributed by atoms with Gasteiger partial charge in [-0.15, -0.1) is 0 Å². The van der Waals surface area contributed by atoms with E-state index in [1.54, 1.807) is 51.5 Å². The van der Waals surface area contributed by atoms with Gasteiger partial charge in [-0.25, -0.2) is 28.5 Å². The molecule has 0 saturated heterocycles. The number of nitrogens with two attached hydrogens (primary N) is 1. The predicted octanol–water partition coefficient (Wildman–Crippen LogP) is 3.41. The van der Waals surface area contributed by atoms with Gasteiger partial charge >= 0.3 is 0 Å². The highest BCUT2D eigenvalue weighted by atomic mass is 32.2. The summed E-state index contributed by atoms with van der Waals surface area (Å²) in [5.74, 6) is 1.45. The van der Waals surface area contributed by atoms with E-state index in [1.807, 2.05) is 18.2 Å². The molecule has 3 N–H and O–H groups in total. The molecule has 0 unspecified atom stereocenters. The normalized spacial score (nSPS) is 11.4. The zero-order chi connectivity index (χ0) is 22.9. The van der Waals surface area contributed by atoms with Crippen LogP contribution in [0.15, 0.2) is 59.5 Å². The Morgan fingerprint density at radius 3 is 2.06 bits per heavy atom. The van der Waals surface area contributed by atoms with Gasteiger partial charge in [-0.1, -0.05) is 12.1 Å². The number of anilines is 2. The second kappa shape index (κ2) is 8.40. The van der Waals surface area contributed by atoms with Gasteiger partial charge in [-0.3, -0.25) is 0 Å². The molecule has 4 aromatic rings. The number of nitrogens with zero attached hydrogens (tertiary/aromatic N) is 3. The summed E-state index contributed by atoms with van der Waals surface area (Å²) in [6.07, 6.45) is 0. The molecular weight excluding hydrogens is 430 g/mol. The molecule has 0 aliphatic carbocycles. The lowest BCUT2D eigenvalue weighted by atomic mass is 10.2. The van der Waals surface area contributed by atoms with Crippen LogP contribution in [0.5, 0.6) is 11.5 Å². The Labute approximate surface area is 185 Å². The van der Waals surface area contributed by atoms with E-state index in [2.05, 4.69) is 20.3 Å². The summed E-state index contributed by atoms with van der Waals surface area (Å²) in [5.41, 5.74) is 2.79. The molecule has 0 bridgehead atoms. The van der Waals surface area contributed by atoms with E-state index in [0.717, 1.165) is 0 Å². The highest BCUT2D eigenvalue weighted by Gasteiger charge is 2.22. The third-order valence-electron chi connectivity index (χ3n) is 4.71. The number of sulfonamides is 1. The number of ether oxygens (including phenoxy) is 2. The van der Waals surface area contributed by atoms with Gasteiger partial charge in [0.25, 0.3) is 0 Å². The fourth-order valence-electron chi connectivity index (χ4n) is 3.21. The monoisotopic (exact) mass is 451 g/mol. The van der Waals surface area contributed by atoms with Gasteiger partial charge in [0, 0.05) is 29.6 Å². The maximum absolute atomic E-state index is 12.3. The van der Waals surface area contributed by atoms with Crippen molar-refractivity contribution in [3.05, 3.63) is 60.3 Å². The van der Waals surface area contributed by atoms with Crippen molar-refractivity contribution >= 4 is 32.6 Å². The number of methoxy groups -OCH3 is 2. The number of pyridine rings is 1. The van der Waals surface area contributed by atoms with Gasteiger partial charge in [0.05, 0.1) is 25.3 Å². The van der Waals surface area contributed by atoms with Crippen LogP contribution in [0.3, 0.4) is 0 Å². The van der Waals surface area contributed by atoms with Gasteiger partial charge in [0.1, 0.15) is 27.8 Å². The predicted molar refractivity (Wildman–Crippen MR) is 122 cm³/mol. The summed E-state index contributed by atoms with van der Waals surface area (Å²) in [6.45, 7) is 1.75. The minimum Gasteiger partial charge on any atom is -0.497 e. The fourth-order valence-corrected chi connectivity index (χ4v) is 3.88. The number of hydrogen-bond donors (Lipinski definition) is 2. The number of hydrogen-bond acceptors (Lipinski definition) is 8. The second-order valence-corrected chi connectivity index (χ2v) is 8.51. The lowest BCUT2D eigenvalue weighted by molar-refractivity contribution is 0.395. The molecule has 0 aliphatic rings. The minimum absolute atomic E-state index is 0.114. The topological polar surface area (TPSA) is 129 Å². The summed E-state index contributed by atoms with van der Waals surface area (Å²) >= 11 is 0. The molecule has 10 heteroatoms. The first kappa shape index (κ1) is 21.5. The van der Waals surface area contributed by atoms with Gasteiger partial charge in [-0.05, 0) is 31.2 Å². The van der Waals surface area contributed by atoms with Crippen LogP contribution in [0.25, 0.3) is 22.4 Å². The Morgan fingerprint density at radius 1 is 0.844 bits per heavy atom. The largest absolute Gasteiger partial charge is 0.497 e. The minimum atomic E-state index is -4.06. The van der Waals surface area contributed by atoms with E-state index in [9.17, 15) is 8.42 Å². The van der Waals surface area contributed by atoms with Crippen molar-refractivity contribution in [2.24, 2.45) is 5.14 Å². The lowest BCUT2D eigenvalue weighted by Gasteiger charge is -2.15. The first-order valence-electron chi connectivity index (χ1n) is 9.56. The van der Waals surface area contributed by atoms with Crippen molar-refractivity contribution in [2.75, 3.05) is 19.5 Å². The van der Waals surface area contributed by atoms with Gasteiger partial charge in [-0.2, -0.15) is 0 Å². The lowest BCUT2D eigenvalue weighted by Crippen LogP contribution is -2.15. The Kier molecular flexibility index (Phi) is 5.64. The molecule has 0 spiro atoms. The van der Waals surface area contributed by atoms with Crippen LogP contribution in [0.4, 0.5) is 11.5 Å². The van der Waals surface area contributed by atoms with Crippen LogP contribution in [-0.2, 0) is 10.0 Å². The highest BCUT2D eigenvalue weighted by Crippen LogP contribution is 2.34. The molecule has 0 radical (unpaired) electrons. The van der Waals surface area contributed by atoms with Crippen LogP contribution in [-0.4, -0.2) is 37.6 Å². The third kappa shape index (κ3) is 4.32. The quantitative estimate of drug-likeness (QED) is 0.456. The van der Waals surface area contributed by atoms with Crippen LogP contribution >= 0.6 is 0 Å². The third-order valence-corrected chi connectivity index (χ3v) is 5.66. The zero-order valence-electron chi connectivity index (χ0n) is 17.7. The van der Waals surface area contributed by atoms with Crippen LogP contribution in [0.1, 0.15) is 5.69 Å². The van der Waals surface area contributed by atoms with E-state index in [-0.39, 0.29) is 16.3 Å². The number of fused-ring (bicyclic) bond motifs is 1. The summed E-state index contributed by atoms with van der Waals surface area (Å²) in [5, 5.41) is 8.67. The molecule has 0 amide bonds. The zero-order valence-corrected chi connectivity index (χ0v) is 18.5. The van der Waals surface area contributed by atoms with E-state index in [4.69, 9.17) is 14.6 Å². The van der Waals surface area contributed by atoms with Crippen molar-refractivity contribution in [3.63, 3.8) is 0 Å². The number of aryl methyl sites for hydroxylation is 1. The van der Waals surface area contributed by atoms with Crippen LogP contribution < -0.4 is 19.9 Å². The average Bonchev–Trinajstić information content (AvgIpc) is 2.77. The summed E-state index contributed by atoms with van der Waals surface area (Å²) in [7, 11) is -0.960. The molecule has 32 heavy (non-hydrogen) atoms. The molecule has 2 heterocycles. The first-order valence-corrected chi connectivity index (χ1v) is 11.1. The van der Waals surface area contributed by atoms with Gasteiger partial charge in [0.2, 0.25) is 10.0 Å². The molecule has 0 fully saturated rings. The molecule has 0 aliphatic heterocycles. The van der Waals surface area contributed by atoms with E-state index >= 15 is 0 Å². The van der Waals surface area contributed by atoms with E-state index in [0.29, 0.717) is 39.7 Å². The molecule has 0 atom stereocenters. The van der Waals surface area contributed by atoms with E-state index < -0.39 is 10.0 Å². The molecule has 164 valence electrons. The summed E-state index contributed by atoms with van der Waals surface area (Å²) in [6, 6.07) is 15.5. The number of aromatic nitrogens is 3. The van der Waals surface area contributed by atoms with Crippen molar-refractivity contribution in [2.45, 2.75) is 11.8 Å². The summed E-state index contributed by atoms with van der Waals surface area (Å²) < 4.78 is 35.2. The Balaban J connectivity index is 1.97. The Morgan fingerprint density at radius 2 is 1.47 bits per heavy atom. The van der Waals surface area contributed by atoms with Crippen molar-refractivity contribution in [1.82, 2.24) is 15.0 Å². The number of para-hydroxylation sites is 2. The maximum Gasteiger partial charge on any atom is 0.240 e.